The zero-order valence-electron chi connectivity index (χ0n) is 12.8. The van der Waals surface area contributed by atoms with Crippen LogP contribution in [0.15, 0.2) is 10.9 Å². The topological polar surface area (TPSA) is 78.3 Å². The number of rotatable bonds is 3. The Hall–Kier alpha value is -1.89. The molecule has 3 rings (SSSR count). The number of aryl methyl sites for hydroxylation is 1. The molecule has 0 unspecified atom stereocenters. The quantitative estimate of drug-likeness (QED) is 0.877. The maximum atomic E-state index is 11.6. The summed E-state index contributed by atoms with van der Waals surface area (Å²) in [5.41, 5.74) is 0.645. The molecule has 0 radical (unpaired) electrons. The smallest absolute Gasteiger partial charge is 0.349 e. The van der Waals surface area contributed by atoms with Crippen LogP contribution in [0.3, 0.4) is 0 Å². The van der Waals surface area contributed by atoms with Gasteiger partial charge in [-0.1, -0.05) is 6.92 Å². The van der Waals surface area contributed by atoms with Gasteiger partial charge in [0.1, 0.15) is 11.6 Å². The molecule has 114 valence electrons. The van der Waals surface area contributed by atoms with E-state index in [1.165, 1.54) is 17.2 Å². The molecule has 0 amide bonds. The Morgan fingerprint density at radius 2 is 2.14 bits per heavy atom. The van der Waals surface area contributed by atoms with Crippen molar-refractivity contribution in [3.8, 4) is 0 Å². The van der Waals surface area contributed by atoms with Gasteiger partial charge in [0.15, 0.2) is 5.65 Å². The van der Waals surface area contributed by atoms with Crippen molar-refractivity contribution in [1.82, 2.24) is 24.5 Å². The molecule has 1 fully saturated rings. The Labute approximate surface area is 123 Å². The third kappa shape index (κ3) is 2.78. The second kappa shape index (κ2) is 5.14. The second-order valence-corrected chi connectivity index (χ2v) is 6.38. The minimum Gasteiger partial charge on any atom is -0.369 e. The summed E-state index contributed by atoms with van der Waals surface area (Å²) in [5, 5.41) is 9.86. The Morgan fingerprint density at radius 3 is 2.86 bits per heavy atom. The summed E-state index contributed by atoms with van der Waals surface area (Å²) < 4.78 is 1.47. The summed E-state index contributed by atoms with van der Waals surface area (Å²) in [4.78, 5) is 18.4. The van der Waals surface area contributed by atoms with E-state index in [1.807, 2.05) is 13.0 Å². The Bertz CT molecular complexity index is 695. The maximum Gasteiger partial charge on any atom is 0.349 e. The summed E-state index contributed by atoms with van der Waals surface area (Å²) >= 11 is 0. The highest BCUT2D eigenvalue weighted by atomic mass is 16.1. The predicted octanol–water partition coefficient (Wildman–Crippen LogP) is 0.870. The van der Waals surface area contributed by atoms with E-state index in [4.69, 9.17) is 0 Å². The molecule has 21 heavy (non-hydrogen) atoms. The lowest BCUT2D eigenvalue weighted by atomic mass is 9.80. The lowest BCUT2D eigenvalue weighted by Gasteiger charge is -2.38. The molecule has 0 atom stereocenters. The van der Waals surface area contributed by atoms with E-state index in [2.05, 4.69) is 39.4 Å². The van der Waals surface area contributed by atoms with Crippen LogP contribution in [0.25, 0.3) is 5.65 Å². The molecule has 7 heteroatoms. The summed E-state index contributed by atoms with van der Waals surface area (Å²) in [5.74, 6) is 1.42. The van der Waals surface area contributed by atoms with Gasteiger partial charge < -0.3 is 10.2 Å². The van der Waals surface area contributed by atoms with Gasteiger partial charge in [0.25, 0.3) is 0 Å². The molecule has 0 saturated carbocycles. The molecule has 0 spiro atoms. The number of nitrogens with zero attached hydrogens (tertiary/aromatic N) is 4. The van der Waals surface area contributed by atoms with Crippen molar-refractivity contribution < 1.29 is 0 Å². The second-order valence-electron chi connectivity index (χ2n) is 6.38. The minimum atomic E-state index is -0.246. The maximum absolute atomic E-state index is 11.6. The lowest BCUT2D eigenvalue weighted by molar-refractivity contribution is 0.150. The van der Waals surface area contributed by atoms with Gasteiger partial charge in [0, 0.05) is 12.6 Å². The highest BCUT2D eigenvalue weighted by Gasteiger charge is 2.28. The molecule has 3 heterocycles. The number of H-pyrrole nitrogens is 1. The first-order chi connectivity index (χ1) is 9.97. The van der Waals surface area contributed by atoms with Gasteiger partial charge in [-0.25, -0.2) is 19.3 Å². The molecule has 1 aliphatic heterocycles. The van der Waals surface area contributed by atoms with Gasteiger partial charge in [-0.05, 0) is 45.3 Å². The number of piperidine rings is 1. The van der Waals surface area contributed by atoms with Crippen LogP contribution in [-0.2, 0) is 0 Å². The number of aromatic amines is 1. The van der Waals surface area contributed by atoms with Crippen LogP contribution in [0.1, 0.15) is 25.6 Å². The standard InChI is InChI=1S/C14H22N6O/c1-10-16-11(8-12-17-18-13(21)20(10)12)15-9-14(2)4-6-19(3)7-5-14/h8,15H,4-7,9H2,1-3H3,(H,18,21). The van der Waals surface area contributed by atoms with E-state index in [9.17, 15) is 4.79 Å². The van der Waals surface area contributed by atoms with Crippen LogP contribution >= 0.6 is 0 Å². The van der Waals surface area contributed by atoms with Crippen LogP contribution in [0.5, 0.6) is 0 Å². The summed E-state index contributed by atoms with van der Waals surface area (Å²) in [7, 11) is 2.17. The number of hydrogen-bond donors (Lipinski definition) is 2. The van der Waals surface area contributed by atoms with Gasteiger partial charge in [-0.2, -0.15) is 5.10 Å². The highest BCUT2D eigenvalue weighted by molar-refractivity contribution is 5.49. The molecular weight excluding hydrogens is 268 g/mol. The highest BCUT2D eigenvalue weighted by Crippen LogP contribution is 2.30. The first kappa shape index (κ1) is 14.1. The Balaban J connectivity index is 1.75. The average molecular weight is 290 g/mol. The molecule has 0 aliphatic carbocycles. The van der Waals surface area contributed by atoms with Crippen molar-refractivity contribution >= 4 is 11.5 Å². The van der Waals surface area contributed by atoms with Crippen LogP contribution in [-0.4, -0.2) is 51.2 Å². The van der Waals surface area contributed by atoms with Crippen molar-refractivity contribution in [3.05, 3.63) is 22.4 Å². The first-order valence-corrected chi connectivity index (χ1v) is 7.34. The zero-order chi connectivity index (χ0) is 15.0. The Morgan fingerprint density at radius 1 is 1.43 bits per heavy atom. The van der Waals surface area contributed by atoms with Crippen molar-refractivity contribution in [2.45, 2.75) is 26.7 Å². The van der Waals surface area contributed by atoms with E-state index in [-0.39, 0.29) is 5.69 Å². The Kier molecular flexibility index (Phi) is 3.44. The predicted molar refractivity (Wildman–Crippen MR) is 81.7 cm³/mol. The molecule has 7 nitrogen and oxygen atoms in total. The SMILES string of the molecule is Cc1nc(NCC2(C)CCN(C)CC2)cc2n[nH]c(=O)n12. The van der Waals surface area contributed by atoms with Crippen LogP contribution in [0, 0.1) is 12.3 Å². The van der Waals surface area contributed by atoms with E-state index >= 15 is 0 Å². The molecule has 2 N–H and O–H groups in total. The van der Waals surface area contributed by atoms with Gasteiger partial charge in [0.05, 0.1) is 0 Å². The normalized spacial score (nSPS) is 19.0. The molecule has 2 aromatic heterocycles. The molecule has 0 bridgehead atoms. The van der Waals surface area contributed by atoms with Crippen LogP contribution < -0.4 is 11.0 Å². The average Bonchev–Trinajstić information content (AvgIpc) is 2.82. The van der Waals surface area contributed by atoms with Gasteiger partial charge >= 0.3 is 5.69 Å². The number of nitrogens with one attached hydrogen (secondary N) is 2. The van der Waals surface area contributed by atoms with E-state index < -0.39 is 0 Å². The summed E-state index contributed by atoms with van der Waals surface area (Å²) in [6.07, 6.45) is 2.36. The third-order valence-electron chi connectivity index (χ3n) is 4.46. The number of hydrogen-bond acceptors (Lipinski definition) is 5. The molecule has 2 aromatic rings. The number of aromatic nitrogens is 4. The van der Waals surface area contributed by atoms with Crippen molar-refractivity contribution in [2.75, 3.05) is 32.0 Å². The summed E-state index contributed by atoms with van der Waals surface area (Å²) in [6.45, 7) is 7.29. The number of anilines is 1. The summed E-state index contributed by atoms with van der Waals surface area (Å²) in [6, 6.07) is 1.81. The largest absolute Gasteiger partial charge is 0.369 e. The van der Waals surface area contributed by atoms with E-state index in [1.54, 1.807) is 0 Å². The van der Waals surface area contributed by atoms with E-state index in [0.29, 0.717) is 16.9 Å². The van der Waals surface area contributed by atoms with Gasteiger partial charge in [0.2, 0.25) is 0 Å². The molecule has 1 aliphatic rings. The molecular formula is C14H22N6O. The first-order valence-electron chi connectivity index (χ1n) is 7.34. The minimum absolute atomic E-state index is 0.246. The van der Waals surface area contributed by atoms with Crippen molar-refractivity contribution in [3.63, 3.8) is 0 Å². The fourth-order valence-corrected chi connectivity index (χ4v) is 2.83. The third-order valence-corrected chi connectivity index (χ3v) is 4.46. The van der Waals surface area contributed by atoms with Gasteiger partial charge in [-0.15, -0.1) is 0 Å². The van der Waals surface area contributed by atoms with Gasteiger partial charge in [-0.3, -0.25) is 0 Å². The van der Waals surface area contributed by atoms with E-state index in [0.717, 1.165) is 25.5 Å². The monoisotopic (exact) mass is 290 g/mol. The van der Waals surface area contributed by atoms with Crippen LogP contribution in [0.2, 0.25) is 0 Å². The van der Waals surface area contributed by atoms with Crippen molar-refractivity contribution in [1.29, 1.82) is 0 Å². The van der Waals surface area contributed by atoms with Crippen molar-refractivity contribution in [2.24, 2.45) is 5.41 Å². The fraction of sp³-hybridized carbons (Fsp3) is 0.643. The zero-order valence-corrected chi connectivity index (χ0v) is 12.8. The lowest BCUT2D eigenvalue weighted by Crippen LogP contribution is -2.40. The fourth-order valence-electron chi connectivity index (χ4n) is 2.83. The molecule has 1 saturated heterocycles. The molecule has 0 aromatic carbocycles. The number of likely N-dealkylation sites (tertiary alicyclic amines) is 1. The van der Waals surface area contributed by atoms with Crippen LogP contribution in [0.4, 0.5) is 5.82 Å². The number of fused-ring (bicyclic) bond motifs is 1.